The molecule has 0 aliphatic carbocycles. The minimum atomic E-state index is 0.893. The summed E-state index contributed by atoms with van der Waals surface area (Å²) in [5.41, 5.74) is 6.13. The molecule has 0 aliphatic heterocycles. The first kappa shape index (κ1) is 14.7. The summed E-state index contributed by atoms with van der Waals surface area (Å²) in [7, 11) is 0. The monoisotopic (exact) mass is 334 g/mol. The Morgan fingerprint density at radius 1 is 0.462 bits per heavy atom. The highest BCUT2D eigenvalue weighted by atomic mass is 14.8. The minimum Gasteiger partial charge on any atom is -0.265 e. The predicted molar refractivity (Wildman–Crippen MR) is 104 cm³/mol. The lowest BCUT2D eigenvalue weighted by Gasteiger charge is -2.15. The predicted octanol–water partition coefficient (Wildman–Crippen LogP) is 4.91. The Hall–Kier alpha value is -3.66. The molecule has 0 saturated heterocycles. The summed E-state index contributed by atoms with van der Waals surface area (Å²) in [6, 6.07) is 16.5. The third-order valence-corrected chi connectivity index (χ3v) is 4.58. The Balaban J connectivity index is 2.02. The average molecular weight is 334 g/mol. The molecule has 0 bridgehead atoms. The average Bonchev–Trinajstić information content (AvgIpc) is 2.73. The molecule has 122 valence electrons. The molecule has 0 saturated carbocycles. The van der Waals surface area contributed by atoms with Crippen molar-refractivity contribution in [1.82, 2.24) is 19.9 Å². The lowest BCUT2D eigenvalue weighted by Crippen LogP contribution is -1.94. The van der Waals surface area contributed by atoms with Gasteiger partial charge in [-0.2, -0.15) is 0 Å². The molecule has 0 N–H and O–H groups in total. The van der Waals surface area contributed by atoms with Gasteiger partial charge in [0.2, 0.25) is 0 Å². The van der Waals surface area contributed by atoms with Crippen LogP contribution in [0.15, 0.2) is 85.7 Å². The van der Waals surface area contributed by atoms with Gasteiger partial charge in [-0.25, -0.2) is 0 Å². The number of pyridine rings is 2. The van der Waals surface area contributed by atoms with Crippen LogP contribution in [0.1, 0.15) is 0 Å². The lowest BCUT2D eigenvalue weighted by atomic mass is 9.90. The van der Waals surface area contributed by atoms with Crippen molar-refractivity contribution in [3.63, 3.8) is 0 Å². The standard InChI is InChI=1S/C22H14N4/c1-2-4-18-17(3-1)19(15-5-9-23-10-6-15)21-22(26-14-13-25-21)20(18)16-7-11-24-12-8-16/h1-14H. The van der Waals surface area contributed by atoms with Crippen molar-refractivity contribution < 1.29 is 0 Å². The van der Waals surface area contributed by atoms with E-state index < -0.39 is 0 Å². The molecule has 0 unspecified atom stereocenters. The van der Waals surface area contributed by atoms with Gasteiger partial charge in [-0.05, 0) is 46.2 Å². The normalized spacial score (nSPS) is 11.1. The third kappa shape index (κ3) is 2.24. The Morgan fingerprint density at radius 2 is 0.885 bits per heavy atom. The molecule has 26 heavy (non-hydrogen) atoms. The zero-order valence-corrected chi connectivity index (χ0v) is 13.9. The van der Waals surface area contributed by atoms with Crippen molar-refractivity contribution >= 4 is 21.8 Å². The van der Waals surface area contributed by atoms with Gasteiger partial charge in [0.1, 0.15) is 0 Å². The topological polar surface area (TPSA) is 51.6 Å². The number of nitrogens with zero attached hydrogens (tertiary/aromatic N) is 4. The molecule has 5 rings (SSSR count). The lowest BCUT2D eigenvalue weighted by molar-refractivity contribution is 1.29. The van der Waals surface area contributed by atoms with Crippen LogP contribution in [0.2, 0.25) is 0 Å². The largest absolute Gasteiger partial charge is 0.265 e. The molecule has 4 heteroatoms. The van der Waals surface area contributed by atoms with Gasteiger partial charge in [0.15, 0.2) is 0 Å². The van der Waals surface area contributed by atoms with E-state index in [1.165, 1.54) is 0 Å². The summed E-state index contributed by atoms with van der Waals surface area (Å²) < 4.78 is 0. The molecule has 0 aliphatic rings. The van der Waals surface area contributed by atoms with E-state index in [-0.39, 0.29) is 0 Å². The summed E-state index contributed by atoms with van der Waals surface area (Å²) >= 11 is 0. The van der Waals surface area contributed by atoms with Crippen LogP contribution >= 0.6 is 0 Å². The van der Waals surface area contributed by atoms with Crippen molar-refractivity contribution in [1.29, 1.82) is 0 Å². The second-order valence-corrected chi connectivity index (χ2v) is 6.02. The molecular formula is C22H14N4. The van der Waals surface area contributed by atoms with Gasteiger partial charge in [-0.15, -0.1) is 0 Å². The van der Waals surface area contributed by atoms with Gasteiger partial charge >= 0.3 is 0 Å². The Bertz CT molecular complexity index is 1060. The van der Waals surface area contributed by atoms with Crippen molar-refractivity contribution in [2.24, 2.45) is 0 Å². The molecule has 0 spiro atoms. The van der Waals surface area contributed by atoms with Crippen molar-refractivity contribution in [2.75, 3.05) is 0 Å². The zero-order valence-electron chi connectivity index (χ0n) is 13.9. The SMILES string of the molecule is c1ccc2c(-c3ccncc3)c3nccnc3c(-c3ccncc3)c2c1. The fourth-order valence-electron chi connectivity index (χ4n) is 3.50. The fraction of sp³-hybridized carbons (Fsp3) is 0. The molecule has 0 radical (unpaired) electrons. The Kier molecular flexibility index (Phi) is 3.39. The maximum atomic E-state index is 4.70. The second-order valence-electron chi connectivity index (χ2n) is 6.02. The first-order valence-electron chi connectivity index (χ1n) is 8.40. The van der Waals surface area contributed by atoms with Crippen molar-refractivity contribution in [3.05, 3.63) is 85.7 Å². The van der Waals surface area contributed by atoms with Gasteiger partial charge in [0, 0.05) is 48.3 Å². The van der Waals surface area contributed by atoms with Gasteiger partial charge in [-0.1, -0.05) is 24.3 Å². The van der Waals surface area contributed by atoms with Gasteiger partial charge < -0.3 is 0 Å². The second kappa shape index (κ2) is 6.01. The fourth-order valence-corrected chi connectivity index (χ4v) is 3.50. The van der Waals surface area contributed by atoms with Crippen LogP contribution in [0.3, 0.4) is 0 Å². The van der Waals surface area contributed by atoms with Crippen LogP contribution in [0.5, 0.6) is 0 Å². The van der Waals surface area contributed by atoms with Crippen LogP contribution in [0, 0.1) is 0 Å². The van der Waals surface area contributed by atoms with E-state index in [1.54, 1.807) is 12.4 Å². The molecule has 3 aromatic heterocycles. The zero-order chi connectivity index (χ0) is 17.3. The highest BCUT2D eigenvalue weighted by Crippen LogP contribution is 2.41. The summed E-state index contributed by atoms with van der Waals surface area (Å²) in [4.78, 5) is 17.7. The Labute approximate surface area is 150 Å². The van der Waals surface area contributed by atoms with Crippen LogP contribution in [0.4, 0.5) is 0 Å². The van der Waals surface area contributed by atoms with E-state index in [9.17, 15) is 0 Å². The van der Waals surface area contributed by atoms with Crippen molar-refractivity contribution in [2.45, 2.75) is 0 Å². The molecule has 0 atom stereocenters. The number of hydrogen-bond acceptors (Lipinski definition) is 4. The number of hydrogen-bond donors (Lipinski definition) is 0. The van der Waals surface area contributed by atoms with E-state index >= 15 is 0 Å². The molecular weight excluding hydrogens is 320 g/mol. The highest BCUT2D eigenvalue weighted by Gasteiger charge is 2.17. The van der Waals surface area contributed by atoms with Crippen LogP contribution < -0.4 is 0 Å². The van der Waals surface area contributed by atoms with E-state index in [2.05, 4.69) is 34.2 Å². The summed E-state index contributed by atoms with van der Waals surface area (Å²) in [5.74, 6) is 0. The first-order valence-corrected chi connectivity index (χ1v) is 8.40. The van der Waals surface area contributed by atoms with E-state index in [0.29, 0.717) is 0 Å². The molecule has 2 aromatic carbocycles. The van der Waals surface area contributed by atoms with Gasteiger partial charge in [0.25, 0.3) is 0 Å². The first-order chi connectivity index (χ1) is 12.9. The van der Waals surface area contributed by atoms with Gasteiger partial charge in [0.05, 0.1) is 11.0 Å². The Morgan fingerprint density at radius 3 is 1.31 bits per heavy atom. The smallest absolute Gasteiger partial charge is 0.0977 e. The van der Waals surface area contributed by atoms with E-state index in [1.807, 2.05) is 49.1 Å². The third-order valence-electron chi connectivity index (χ3n) is 4.58. The van der Waals surface area contributed by atoms with Gasteiger partial charge in [-0.3, -0.25) is 19.9 Å². The van der Waals surface area contributed by atoms with Crippen molar-refractivity contribution in [3.8, 4) is 22.3 Å². The maximum Gasteiger partial charge on any atom is 0.0977 e. The quantitative estimate of drug-likeness (QED) is 0.431. The summed E-state index contributed by atoms with van der Waals surface area (Å²) in [6.07, 6.45) is 10.7. The molecule has 5 aromatic rings. The van der Waals surface area contributed by atoms with E-state index in [0.717, 1.165) is 44.1 Å². The number of rotatable bonds is 2. The molecule has 0 amide bonds. The number of aromatic nitrogens is 4. The van der Waals surface area contributed by atoms with E-state index in [4.69, 9.17) is 9.97 Å². The maximum absolute atomic E-state index is 4.70. The molecule has 0 fully saturated rings. The summed E-state index contributed by atoms with van der Waals surface area (Å²) in [5, 5.41) is 2.30. The number of benzene rings is 2. The summed E-state index contributed by atoms with van der Waals surface area (Å²) in [6.45, 7) is 0. The molecule has 3 heterocycles. The van der Waals surface area contributed by atoms with Crippen LogP contribution in [-0.2, 0) is 0 Å². The van der Waals surface area contributed by atoms with Crippen LogP contribution in [-0.4, -0.2) is 19.9 Å². The number of fused-ring (bicyclic) bond motifs is 2. The van der Waals surface area contributed by atoms with Crippen LogP contribution in [0.25, 0.3) is 44.1 Å². The molecule has 4 nitrogen and oxygen atoms in total. The minimum absolute atomic E-state index is 0.893. The highest BCUT2D eigenvalue weighted by molar-refractivity contribution is 6.18.